The molecule has 0 radical (unpaired) electrons. The molecule has 0 spiro atoms. The molecule has 1 aromatic heterocycles. The number of methoxy groups -OCH3 is 1. The van der Waals surface area contributed by atoms with Gasteiger partial charge in [0, 0.05) is 6.54 Å². The van der Waals surface area contributed by atoms with E-state index in [4.69, 9.17) is 4.74 Å². The van der Waals surface area contributed by atoms with E-state index >= 15 is 0 Å². The standard InChI is InChI=1S/C16H18FN3O3/c1-3-4-9-18-16(22)15-13(23-2)10-14(21)20(19-15)12-7-5-11(17)6-8-12/h5-8,10H,3-4,9H2,1-2H3,(H,18,22). The molecule has 0 saturated carbocycles. The van der Waals surface area contributed by atoms with Crippen molar-refractivity contribution >= 4 is 5.91 Å². The Morgan fingerprint density at radius 1 is 1.35 bits per heavy atom. The summed E-state index contributed by atoms with van der Waals surface area (Å²) in [6, 6.07) is 6.44. The third kappa shape index (κ3) is 3.94. The van der Waals surface area contributed by atoms with Crippen molar-refractivity contribution in [2.24, 2.45) is 0 Å². The molecule has 1 heterocycles. The summed E-state index contributed by atoms with van der Waals surface area (Å²) in [6.07, 6.45) is 1.78. The van der Waals surface area contributed by atoms with Gasteiger partial charge < -0.3 is 10.1 Å². The first-order valence-corrected chi connectivity index (χ1v) is 7.29. The normalized spacial score (nSPS) is 10.4. The number of unbranched alkanes of at least 4 members (excludes halogenated alkanes) is 1. The zero-order valence-corrected chi connectivity index (χ0v) is 13.0. The summed E-state index contributed by atoms with van der Waals surface area (Å²) in [5.41, 5.74) is -0.104. The smallest absolute Gasteiger partial charge is 0.275 e. The Kier molecular flexibility index (Phi) is 5.46. The maximum absolute atomic E-state index is 13.0. The lowest BCUT2D eigenvalue weighted by atomic mass is 10.3. The predicted molar refractivity (Wildman–Crippen MR) is 83.6 cm³/mol. The van der Waals surface area contributed by atoms with Gasteiger partial charge in [-0.3, -0.25) is 9.59 Å². The Balaban J connectivity index is 2.41. The molecule has 0 aliphatic rings. The highest BCUT2D eigenvalue weighted by Gasteiger charge is 2.17. The first kappa shape index (κ1) is 16.7. The average molecular weight is 319 g/mol. The monoisotopic (exact) mass is 319 g/mol. The van der Waals surface area contributed by atoms with Crippen molar-refractivity contribution in [3.63, 3.8) is 0 Å². The van der Waals surface area contributed by atoms with Gasteiger partial charge in [-0.2, -0.15) is 9.78 Å². The van der Waals surface area contributed by atoms with Crippen LogP contribution in [-0.4, -0.2) is 29.3 Å². The van der Waals surface area contributed by atoms with Crippen molar-refractivity contribution in [3.05, 3.63) is 52.2 Å². The minimum Gasteiger partial charge on any atom is -0.494 e. The SMILES string of the molecule is CCCCNC(=O)c1nn(-c2ccc(F)cc2)c(=O)cc1OC. The van der Waals surface area contributed by atoms with Gasteiger partial charge in [0.05, 0.1) is 18.9 Å². The molecule has 6 nitrogen and oxygen atoms in total. The minimum absolute atomic E-state index is 0.00697. The van der Waals surface area contributed by atoms with Gasteiger partial charge in [0.1, 0.15) is 5.82 Å². The fourth-order valence-corrected chi connectivity index (χ4v) is 1.98. The van der Waals surface area contributed by atoms with Crippen molar-refractivity contribution in [1.82, 2.24) is 15.1 Å². The van der Waals surface area contributed by atoms with E-state index in [0.29, 0.717) is 12.2 Å². The molecule has 7 heteroatoms. The molecule has 23 heavy (non-hydrogen) atoms. The van der Waals surface area contributed by atoms with Gasteiger partial charge in [-0.1, -0.05) is 13.3 Å². The molecule has 0 aliphatic heterocycles. The number of nitrogens with one attached hydrogen (secondary N) is 1. The molecule has 0 bridgehead atoms. The summed E-state index contributed by atoms with van der Waals surface area (Å²) in [5, 5.41) is 6.79. The highest BCUT2D eigenvalue weighted by Crippen LogP contribution is 2.14. The van der Waals surface area contributed by atoms with Crippen molar-refractivity contribution in [3.8, 4) is 11.4 Å². The highest BCUT2D eigenvalue weighted by atomic mass is 19.1. The third-order valence-electron chi connectivity index (χ3n) is 3.22. The molecule has 0 saturated heterocycles. The van der Waals surface area contributed by atoms with Gasteiger partial charge in [-0.25, -0.2) is 4.39 Å². The van der Waals surface area contributed by atoms with Crippen molar-refractivity contribution in [1.29, 1.82) is 0 Å². The lowest BCUT2D eigenvalue weighted by Gasteiger charge is -2.11. The molecule has 1 amide bonds. The molecule has 0 aliphatic carbocycles. The molecule has 0 fully saturated rings. The van der Waals surface area contributed by atoms with E-state index < -0.39 is 17.3 Å². The van der Waals surface area contributed by atoms with Gasteiger partial charge in [0.25, 0.3) is 11.5 Å². The zero-order valence-electron chi connectivity index (χ0n) is 13.0. The maximum Gasteiger partial charge on any atom is 0.275 e. The lowest BCUT2D eigenvalue weighted by Crippen LogP contribution is -2.30. The molecule has 0 unspecified atom stereocenters. The van der Waals surface area contributed by atoms with Crippen LogP contribution in [0.25, 0.3) is 5.69 Å². The van der Waals surface area contributed by atoms with E-state index in [2.05, 4.69) is 10.4 Å². The van der Waals surface area contributed by atoms with Gasteiger partial charge in [-0.15, -0.1) is 0 Å². The Bertz CT molecular complexity index is 741. The number of benzene rings is 1. The molecule has 2 rings (SSSR count). The second-order valence-corrected chi connectivity index (χ2v) is 4.90. The number of ether oxygens (including phenoxy) is 1. The number of amides is 1. The summed E-state index contributed by atoms with van der Waals surface area (Å²) in [6.45, 7) is 2.52. The summed E-state index contributed by atoms with van der Waals surface area (Å²) in [7, 11) is 1.36. The fraction of sp³-hybridized carbons (Fsp3) is 0.312. The summed E-state index contributed by atoms with van der Waals surface area (Å²) in [5.74, 6) is -0.749. The number of carbonyl (C=O) groups excluding carboxylic acids is 1. The van der Waals surface area contributed by atoms with Gasteiger partial charge in [0.15, 0.2) is 11.4 Å². The quantitative estimate of drug-likeness (QED) is 0.826. The van der Waals surface area contributed by atoms with Crippen LogP contribution in [0.1, 0.15) is 30.3 Å². The Hall–Kier alpha value is -2.70. The van der Waals surface area contributed by atoms with E-state index in [-0.39, 0.29) is 11.4 Å². The maximum atomic E-state index is 13.0. The number of aromatic nitrogens is 2. The average Bonchev–Trinajstić information content (AvgIpc) is 2.55. The fourth-order valence-electron chi connectivity index (χ4n) is 1.98. The number of nitrogens with zero attached hydrogens (tertiary/aromatic N) is 2. The Morgan fingerprint density at radius 2 is 2.04 bits per heavy atom. The molecule has 1 aromatic carbocycles. The summed E-state index contributed by atoms with van der Waals surface area (Å²) in [4.78, 5) is 24.3. The van der Waals surface area contributed by atoms with Crippen LogP contribution in [0, 0.1) is 5.82 Å². The van der Waals surface area contributed by atoms with Crippen LogP contribution in [0.3, 0.4) is 0 Å². The van der Waals surface area contributed by atoms with Crippen LogP contribution >= 0.6 is 0 Å². The molecule has 2 aromatic rings. The van der Waals surface area contributed by atoms with Crippen molar-refractivity contribution in [2.75, 3.05) is 13.7 Å². The number of hydrogen-bond acceptors (Lipinski definition) is 4. The van der Waals surface area contributed by atoms with Crippen LogP contribution in [0.4, 0.5) is 4.39 Å². The Labute approximate surface area is 132 Å². The number of carbonyl (C=O) groups is 1. The predicted octanol–water partition coefficient (Wildman–Crippen LogP) is 1.91. The van der Waals surface area contributed by atoms with Crippen LogP contribution in [0.15, 0.2) is 35.1 Å². The second kappa shape index (κ2) is 7.53. The van der Waals surface area contributed by atoms with Crippen LogP contribution in [0.5, 0.6) is 5.75 Å². The van der Waals surface area contributed by atoms with Gasteiger partial charge >= 0.3 is 0 Å². The largest absolute Gasteiger partial charge is 0.494 e. The number of halogens is 1. The molecule has 0 atom stereocenters. The Morgan fingerprint density at radius 3 is 2.65 bits per heavy atom. The highest BCUT2D eigenvalue weighted by molar-refractivity contribution is 5.94. The van der Waals surface area contributed by atoms with E-state index in [1.165, 1.54) is 37.4 Å². The van der Waals surface area contributed by atoms with Gasteiger partial charge in [0.2, 0.25) is 0 Å². The zero-order chi connectivity index (χ0) is 16.8. The van der Waals surface area contributed by atoms with Gasteiger partial charge in [-0.05, 0) is 30.7 Å². The summed E-state index contributed by atoms with van der Waals surface area (Å²) >= 11 is 0. The lowest BCUT2D eigenvalue weighted by molar-refractivity contribution is 0.0942. The first-order valence-electron chi connectivity index (χ1n) is 7.29. The van der Waals surface area contributed by atoms with Crippen molar-refractivity contribution < 1.29 is 13.9 Å². The molecule has 122 valence electrons. The van der Waals surface area contributed by atoms with E-state index in [9.17, 15) is 14.0 Å². The summed E-state index contributed by atoms with van der Waals surface area (Å²) < 4.78 is 19.1. The molecular weight excluding hydrogens is 301 g/mol. The number of rotatable bonds is 6. The van der Waals surface area contributed by atoms with Crippen LogP contribution < -0.4 is 15.6 Å². The topological polar surface area (TPSA) is 73.2 Å². The molecule has 1 N–H and O–H groups in total. The minimum atomic E-state index is -0.474. The third-order valence-corrected chi connectivity index (χ3v) is 3.22. The van der Waals surface area contributed by atoms with E-state index in [1.807, 2.05) is 6.92 Å². The number of hydrogen-bond donors (Lipinski definition) is 1. The van der Waals surface area contributed by atoms with Crippen LogP contribution in [-0.2, 0) is 0 Å². The van der Waals surface area contributed by atoms with Crippen LogP contribution in [0.2, 0.25) is 0 Å². The van der Waals surface area contributed by atoms with Crippen molar-refractivity contribution in [2.45, 2.75) is 19.8 Å². The first-order chi connectivity index (χ1) is 11.1. The second-order valence-electron chi connectivity index (χ2n) is 4.90. The van der Waals surface area contributed by atoms with E-state index in [1.54, 1.807) is 0 Å². The molecular formula is C16H18FN3O3. The van der Waals surface area contributed by atoms with E-state index in [0.717, 1.165) is 17.5 Å².